The van der Waals surface area contributed by atoms with Crippen LogP contribution in [0.3, 0.4) is 0 Å². The first-order valence-corrected chi connectivity index (χ1v) is 5.65. The van der Waals surface area contributed by atoms with Gasteiger partial charge >= 0.3 is 0 Å². The third-order valence-corrected chi connectivity index (χ3v) is 3.46. The van der Waals surface area contributed by atoms with E-state index in [4.69, 9.17) is 0 Å². The van der Waals surface area contributed by atoms with E-state index < -0.39 is 0 Å². The molecule has 1 N–H and O–H groups in total. The third kappa shape index (κ3) is 2.44. The lowest BCUT2D eigenvalue weighted by atomic mass is 9.91. The van der Waals surface area contributed by atoms with Gasteiger partial charge in [-0.3, -0.25) is 4.90 Å². The van der Waals surface area contributed by atoms with Crippen molar-refractivity contribution in [2.24, 2.45) is 0 Å². The van der Waals surface area contributed by atoms with Gasteiger partial charge in [-0.25, -0.2) is 0 Å². The fraction of sp³-hybridized carbons (Fsp3) is 1.00. The van der Waals surface area contributed by atoms with E-state index in [-0.39, 0.29) is 0 Å². The molecule has 1 saturated heterocycles. The van der Waals surface area contributed by atoms with Gasteiger partial charge in [-0.2, -0.15) is 0 Å². The van der Waals surface area contributed by atoms with Crippen LogP contribution in [0.4, 0.5) is 0 Å². The van der Waals surface area contributed by atoms with Crippen LogP contribution in [0.25, 0.3) is 0 Å². The molecule has 0 amide bonds. The monoisotopic (exact) mass is 184 g/mol. The minimum atomic E-state index is 0.739. The Hall–Kier alpha value is -0.0800. The van der Waals surface area contributed by atoms with E-state index in [1.54, 1.807) is 0 Å². The normalized spacial score (nSPS) is 36.5. The zero-order valence-electron chi connectivity index (χ0n) is 9.51. The highest BCUT2D eigenvalue weighted by Crippen LogP contribution is 2.24. The summed E-state index contributed by atoms with van der Waals surface area (Å²) in [6.07, 6.45) is 3.92. The van der Waals surface area contributed by atoms with Crippen LogP contribution in [0.1, 0.15) is 40.0 Å². The van der Waals surface area contributed by atoms with Crippen molar-refractivity contribution in [1.82, 2.24) is 10.2 Å². The van der Waals surface area contributed by atoms with Crippen LogP contribution < -0.4 is 5.32 Å². The predicted molar refractivity (Wildman–Crippen MR) is 58.0 cm³/mol. The minimum absolute atomic E-state index is 0.739. The van der Waals surface area contributed by atoms with E-state index in [9.17, 15) is 0 Å². The van der Waals surface area contributed by atoms with Crippen LogP contribution in [0.15, 0.2) is 0 Å². The maximum atomic E-state index is 3.42. The number of piperidine rings is 1. The minimum Gasteiger partial charge on any atom is -0.317 e. The van der Waals surface area contributed by atoms with E-state index >= 15 is 0 Å². The first-order chi connectivity index (χ1) is 6.22. The molecule has 0 aliphatic carbocycles. The van der Waals surface area contributed by atoms with Crippen molar-refractivity contribution in [3.63, 3.8) is 0 Å². The summed E-state index contributed by atoms with van der Waals surface area (Å²) in [4.78, 5) is 2.65. The Labute approximate surface area is 82.7 Å². The summed E-state index contributed by atoms with van der Waals surface area (Å²) in [7, 11) is 2.09. The van der Waals surface area contributed by atoms with Crippen molar-refractivity contribution in [2.75, 3.05) is 13.6 Å². The molecule has 0 radical (unpaired) electrons. The average Bonchev–Trinajstić information content (AvgIpc) is 2.16. The molecular formula is C11H24N2. The second kappa shape index (κ2) is 4.97. The third-order valence-electron chi connectivity index (χ3n) is 3.46. The lowest BCUT2D eigenvalue weighted by molar-refractivity contribution is 0.0782. The van der Waals surface area contributed by atoms with Crippen LogP contribution in [0.2, 0.25) is 0 Å². The Morgan fingerprint density at radius 1 is 1.31 bits per heavy atom. The van der Waals surface area contributed by atoms with E-state index in [0.717, 1.165) is 18.1 Å². The average molecular weight is 184 g/mol. The summed E-state index contributed by atoms with van der Waals surface area (Å²) >= 11 is 0. The lowest BCUT2D eigenvalue weighted by Gasteiger charge is -2.43. The van der Waals surface area contributed by atoms with Crippen LogP contribution in [-0.2, 0) is 0 Å². The van der Waals surface area contributed by atoms with Gasteiger partial charge in [0.25, 0.3) is 0 Å². The molecule has 0 aromatic heterocycles. The largest absolute Gasteiger partial charge is 0.317 e. The Bertz CT molecular complexity index is 147. The first-order valence-electron chi connectivity index (χ1n) is 5.65. The highest BCUT2D eigenvalue weighted by Gasteiger charge is 2.30. The van der Waals surface area contributed by atoms with E-state index in [0.29, 0.717) is 0 Å². The topological polar surface area (TPSA) is 15.3 Å². The Kier molecular flexibility index (Phi) is 4.20. The van der Waals surface area contributed by atoms with E-state index in [1.807, 2.05) is 0 Å². The molecule has 13 heavy (non-hydrogen) atoms. The maximum Gasteiger partial charge on any atom is 0.0110 e. The number of nitrogens with zero attached hydrogens (tertiary/aromatic N) is 1. The SMILES string of the molecule is CCC1CC(NC)CC(C)N1CC. The van der Waals surface area contributed by atoms with E-state index in [1.165, 1.54) is 25.8 Å². The standard InChI is InChI=1S/C11H24N2/c1-5-11-8-10(12-4)7-9(3)13(11)6-2/h9-12H,5-8H2,1-4H3. The van der Waals surface area contributed by atoms with Gasteiger partial charge in [0.1, 0.15) is 0 Å². The molecule has 1 aliphatic heterocycles. The molecule has 2 nitrogen and oxygen atoms in total. The molecule has 1 heterocycles. The molecule has 0 saturated carbocycles. The quantitative estimate of drug-likeness (QED) is 0.720. The van der Waals surface area contributed by atoms with Crippen molar-refractivity contribution in [3.05, 3.63) is 0 Å². The number of likely N-dealkylation sites (tertiary alicyclic amines) is 1. The molecule has 1 fully saturated rings. The predicted octanol–water partition coefficient (Wildman–Crippen LogP) is 1.86. The van der Waals surface area contributed by atoms with Crippen molar-refractivity contribution in [1.29, 1.82) is 0 Å². The van der Waals surface area contributed by atoms with Gasteiger partial charge in [0, 0.05) is 18.1 Å². The summed E-state index contributed by atoms with van der Waals surface area (Å²) in [6.45, 7) is 8.14. The highest BCUT2D eigenvalue weighted by molar-refractivity contribution is 4.88. The number of hydrogen-bond acceptors (Lipinski definition) is 2. The molecule has 1 rings (SSSR count). The molecular weight excluding hydrogens is 160 g/mol. The fourth-order valence-corrected chi connectivity index (χ4v) is 2.67. The summed E-state index contributed by atoms with van der Waals surface area (Å²) in [5.74, 6) is 0. The summed E-state index contributed by atoms with van der Waals surface area (Å²) in [5.41, 5.74) is 0. The number of hydrogen-bond donors (Lipinski definition) is 1. The molecule has 0 bridgehead atoms. The van der Waals surface area contributed by atoms with Crippen LogP contribution in [0.5, 0.6) is 0 Å². The van der Waals surface area contributed by atoms with Crippen molar-refractivity contribution in [2.45, 2.75) is 58.2 Å². The van der Waals surface area contributed by atoms with Gasteiger partial charge in [0.2, 0.25) is 0 Å². The molecule has 2 heteroatoms. The first kappa shape index (κ1) is 11.0. The Balaban J connectivity index is 2.57. The second-order valence-electron chi connectivity index (χ2n) is 4.20. The molecule has 3 unspecified atom stereocenters. The fourth-order valence-electron chi connectivity index (χ4n) is 2.67. The second-order valence-corrected chi connectivity index (χ2v) is 4.20. The van der Waals surface area contributed by atoms with Gasteiger partial charge in [0.05, 0.1) is 0 Å². The number of rotatable bonds is 3. The Morgan fingerprint density at radius 2 is 2.00 bits per heavy atom. The summed E-state index contributed by atoms with van der Waals surface area (Å²) in [6, 6.07) is 2.29. The van der Waals surface area contributed by atoms with Crippen molar-refractivity contribution in [3.8, 4) is 0 Å². The highest BCUT2D eigenvalue weighted by atomic mass is 15.2. The van der Waals surface area contributed by atoms with E-state index in [2.05, 4.69) is 38.0 Å². The van der Waals surface area contributed by atoms with Crippen LogP contribution >= 0.6 is 0 Å². The van der Waals surface area contributed by atoms with Crippen LogP contribution in [0, 0.1) is 0 Å². The molecule has 0 aromatic rings. The maximum absolute atomic E-state index is 3.42. The smallest absolute Gasteiger partial charge is 0.0110 e. The molecule has 78 valence electrons. The van der Waals surface area contributed by atoms with Gasteiger partial charge in [-0.05, 0) is 39.8 Å². The van der Waals surface area contributed by atoms with Crippen molar-refractivity contribution < 1.29 is 0 Å². The summed E-state index contributed by atoms with van der Waals surface area (Å²) in [5, 5.41) is 3.42. The summed E-state index contributed by atoms with van der Waals surface area (Å²) < 4.78 is 0. The molecule has 0 aromatic carbocycles. The van der Waals surface area contributed by atoms with Gasteiger partial charge in [-0.1, -0.05) is 13.8 Å². The molecule has 0 spiro atoms. The van der Waals surface area contributed by atoms with Gasteiger partial charge in [-0.15, -0.1) is 0 Å². The Morgan fingerprint density at radius 3 is 2.46 bits per heavy atom. The molecule has 1 aliphatic rings. The zero-order valence-corrected chi connectivity index (χ0v) is 9.51. The van der Waals surface area contributed by atoms with Crippen molar-refractivity contribution >= 4 is 0 Å². The number of nitrogens with one attached hydrogen (secondary N) is 1. The molecule has 3 atom stereocenters. The van der Waals surface area contributed by atoms with Gasteiger partial charge in [0.15, 0.2) is 0 Å². The van der Waals surface area contributed by atoms with Gasteiger partial charge < -0.3 is 5.32 Å². The van der Waals surface area contributed by atoms with Crippen LogP contribution in [-0.4, -0.2) is 36.6 Å². The lowest BCUT2D eigenvalue weighted by Crippen LogP contribution is -2.52. The zero-order chi connectivity index (χ0) is 9.84.